The minimum atomic E-state index is 0.0467. The quantitative estimate of drug-likeness (QED) is 0.771. The summed E-state index contributed by atoms with van der Waals surface area (Å²) >= 11 is 0. The maximum Gasteiger partial charge on any atom is 0.255 e. The molecule has 0 spiro atoms. The number of likely N-dealkylation sites (tertiary alicyclic amines) is 1. The third-order valence-corrected chi connectivity index (χ3v) is 5.39. The van der Waals surface area contributed by atoms with Crippen LogP contribution in [-0.4, -0.2) is 43.0 Å². The lowest BCUT2D eigenvalue weighted by Gasteiger charge is -2.36. The van der Waals surface area contributed by atoms with Crippen molar-refractivity contribution in [2.45, 2.75) is 38.1 Å². The molecule has 6 nitrogen and oxygen atoms in total. The van der Waals surface area contributed by atoms with Crippen LogP contribution in [0.2, 0.25) is 0 Å². The number of benzene rings is 1. The average Bonchev–Trinajstić information content (AvgIpc) is 3.07. The highest BCUT2D eigenvalue weighted by atomic mass is 16.3. The predicted molar refractivity (Wildman–Crippen MR) is 104 cm³/mol. The van der Waals surface area contributed by atoms with Crippen LogP contribution in [0.5, 0.6) is 5.75 Å². The van der Waals surface area contributed by atoms with Gasteiger partial charge in [0, 0.05) is 25.8 Å². The van der Waals surface area contributed by atoms with Gasteiger partial charge in [0.25, 0.3) is 5.91 Å². The summed E-state index contributed by atoms with van der Waals surface area (Å²) in [6, 6.07) is 9.40. The zero-order valence-corrected chi connectivity index (χ0v) is 15.5. The molecule has 1 unspecified atom stereocenters. The minimum absolute atomic E-state index is 0.0467. The molecule has 27 heavy (non-hydrogen) atoms. The SMILES string of the molecule is Cn1cnc2cc(C(=O)N3CCCCC3CCc3ccc(O)cc3)cnc21. The molecule has 0 radical (unpaired) electrons. The lowest BCUT2D eigenvalue weighted by Crippen LogP contribution is -2.44. The van der Waals surface area contributed by atoms with Crippen LogP contribution in [0.3, 0.4) is 0 Å². The molecule has 6 heteroatoms. The lowest BCUT2D eigenvalue weighted by molar-refractivity contribution is 0.0601. The number of hydrogen-bond donors (Lipinski definition) is 1. The van der Waals surface area contributed by atoms with Gasteiger partial charge in [-0.3, -0.25) is 4.79 Å². The number of hydrogen-bond acceptors (Lipinski definition) is 4. The maximum atomic E-state index is 13.1. The summed E-state index contributed by atoms with van der Waals surface area (Å²) in [6.45, 7) is 0.791. The van der Waals surface area contributed by atoms with E-state index in [9.17, 15) is 9.90 Å². The van der Waals surface area contributed by atoms with E-state index in [4.69, 9.17) is 0 Å². The number of amides is 1. The van der Waals surface area contributed by atoms with Crippen LogP contribution in [0.1, 0.15) is 41.6 Å². The van der Waals surface area contributed by atoms with Crippen molar-refractivity contribution in [1.82, 2.24) is 19.4 Å². The number of phenolic OH excluding ortho intramolecular Hbond substituents is 1. The molecule has 1 fully saturated rings. The monoisotopic (exact) mass is 364 g/mol. The standard InChI is InChI=1S/C21H24N4O2/c1-24-14-23-19-12-16(13-22-20(19)24)21(27)25-11-3-2-4-17(25)8-5-15-6-9-18(26)10-7-15/h6-7,9-10,12-14,17,26H,2-5,8,11H2,1H3. The van der Waals surface area contributed by atoms with Gasteiger partial charge in [0.2, 0.25) is 0 Å². The van der Waals surface area contributed by atoms with Crippen LogP contribution in [-0.2, 0) is 13.5 Å². The minimum Gasteiger partial charge on any atom is -0.508 e. The Kier molecular flexibility index (Phi) is 4.79. The highest BCUT2D eigenvalue weighted by molar-refractivity contribution is 5.96. The van der Waals surface area contributed by atoms with Crippen molar-refractivity contribution in [1.29, 1.82) is 0 Å². The van der Waals surface area contributed by atoms with E-state index < -0.39 is 0 Å². The Bertz CT molecular complexity index is 948. The van der Waals surface area contributed by atoms with Crippen LogP contribution in [0, 0.1) is 0 Å². The number of carbonyl (C=O) groups excluding carboxylic acids is 1. The molecule has 1 atom stereocenters. The Morgan fingerprint density at radius 3 is 2.85 bits per heavy atom. The first-order valence-electron chi connectivity index (χ1n) is 9.48. The number of aryl methyl sites for hydroxylation is 2. The van der Waals surface area contributed by atoms with E-state index in [0.717, 1.165) is 49.8 Å². The second-order valence-electron chi connectivity index (χ2n) is 7.28. The average molecular weight is 364 g/mol. The van der Waals surface area contributed by atoms with Crippen molar-refractivity contribution in [2.75, 3.05) is 6.54 Å². The molecule has 0 bridgehead atoms. The summed E-state index contributed by atoms with van der Waals surface area (Å²) < 4.78 is 1.85. The summed E-state index contributed by atoms with van der Waals surface area (Å²) in [7, 11) is 1.90. The van der Waals surface area contributed by atoms with Crippen LogP contribution in [0.15, 0.2) is 42.9 Å². The Hall–Kier alpha value is -2.89. The Morgan fingerprint density at radius 2 is 2.04 bits per heavy atom. The normalized spacial score (nSPS) is 17.4. The molecule has 140 valence electrons. The number of piperidine rings is 1. The van der Waals surface area contributed by atoms with Gasteiger partial charge in [0.1, 0.15) is 11.3 Å². The van der Waals surface area contributed by atoms with Crippen LogP contribution >= 0.6 is 0 Å². The number of rotatable bonds is 4. The van der Waals surface area contributed by atoms with Crippen molar-refractivity contribution in [3.05, 3.63) is 54.0 Å². The molecule has 3 aromatic rings. The van der Waals surface area contributed by atoms with E-state index in [1.165, 1.54) is 5.56 Å². The van der Waals surface area contributed by atoms with E-state index >= 15 is 0 Å². The molecule has 4 rings (SSSR count). The molecule has 1 amide bonds. The van der Waals surface area contributed by atoms with Gasteiger partial charge in [-0.1, -0.05) is 12.1 Å². The second kappa shape index (κ2) is 7.39. The molecule has 0 saturated carbocycles. The first-order valence-corrected chi connectivity index (χ1v) is 9.48. The Labute approximate surface area is 158 Å². The fourth-order valence-corrected chi connectivity index (χ4v) is 3.86. The fraction of sp³-hybridized carbons (Fsp3) is 0.381. The number of fused-ring (bicyclic) bond motifs is 1. The predicted octanol–water partition coefficient (Wildman–Crippen LogP) is 3.30. The van der Waals surface area contributed by atoms with Crippen molar-refractivity contribution in [3.63, 3.8) is 0 Å². The first-order chi connectivity index (χ1) is 13.1. The third kappa shape index (κ3) is 3.65. The van der Waals surface area contributed by atoms with Gasteiger partial charge in [-0.2, -0.15) is 0 Å². The molecule has 1 saturated heterocycles. The van der Waals surface area contributed by atoms with Gasteiger partial charge in [-0.05, 0) is 55.9 Å². The van der Waals surface area contributed by atoms with Gasteiger partial charge in [-0.15, -0.1) is 0 Å². The lowest BCUT2D eigenvalue weighted by atomic mass is 9.95. The number of nitrogens with zero attached hydrogens (tertiary/aromatic N) is 4. The number of phenols is 1. The summed E-state index contributed by atoms with van der Waals surface area (Å²) in [5.74, 6) is 0.330. The molecule has 1 aliphatic rings. The first kappa shape index (κ1) is 17.5. The Balaban J connectivity index is 1.50. The highest BCUT2D eigenvalue weighted by Crippen LogP contribution is 2.24. The zero-order valence-electron chi connectivity index (χ0n) is 15.5. The fourth-order valence-electron chi connectivity index (χ4n) is 3.86. The number of aromatic nitrogens is 3. The van der Waals surface area contributed by atoms with Crippen LogP contribution in [0.25, 0.3) is 11.2 Å². The highest BCUT2D eigenvalue weighted by Gasteiger charge is 2.27. The number of imidazole rings is 1. The molecule has 2 aromatic heterocycles. The van der Waals surface area contributed by atoms with E-state index in [1.807, 2.05) is 34.7 Å². The third-order valence-electron chi connectivity index (χ3n) is 5.39. The molecule has 1 N–H and O–H groups in total. The van der Waals surface area contributed by atoms with Crippen molar-refractivity contribution >= 4 is 17.1 Å². The van der Waals surface area contributed by atoms with Gasteiger partial charge in [0.05, 0.1) is 11.9 Å². The molecule has 1 aliphatic heterocycles. The van der Waals surface area contributed by atoms with E-state index in [-0.39, 0.29) is 17.7 Å². The summed E-state index contributed by atoms with van der Waals surface area (Å²) in [5, 5.41) is 9.43. The largest absolute Gasteiger partial charge is 0.508 e. The van der Waals surface area contributed by atoms with E-state index in [1.54, 1.807) is 24.7 Å². The number of aromatic hydroxyl groups is 1. The van der Waals surface area contributed by atoms with Crippen molar-refractivity contribution in [2.24, 2.45) is 7.05 Å². The van der Waals surface area contributed by atoms with Gasteiger partial charge in [-0.25, -0.2) is 9.97 Å². The van der Waals surface area contributed by atoms with Crippen molar-refractivity contribution < 1.29 is 9.90 Å². The maximum absolute atomic E-state index is 13.1. The molecule has 3 heterocycles. The molecular weight excluding hydrogens is 340 g/mol. The molecule has 0 aliphatic carbocycles. The zero-order chi connectivity index (χ0) is 18.8. The summed E-state index contributed by atoms with van der Waals surface area (Å²) in [5.41, 5.74) is 3.33. The Morgan fingerprint density at radius 1 is 1.22 bits per heavy atom. The molecule has 1 aromatic carbocycles. The number of pyridine rings is 1. The number of carbonyl (C=O) groups is 1. The summed E-state index contributed by atoms with van der Waals surface area (Å²) in [4.78, 5) is 23.9. The van der Waals surface area contributed by atoms with Gasteiger partial charge >= 0.3 is 0 Å². The van der Waals surface area contributed by atoms with Gasteiger partial charge < -0.3 is 14.6 Å². The second-order valence-corrected chi connectivity index (χ2v) is 7.28. The topological polar surface area (TPSA) is 71.2 Å². The van der Waals surface area contributed by atoms with Crippen molar-refractivity contribution in [3.8, 4) is 5.75 Å². The van der Waals surface area contributed by atoms with E-state index in [0.29, 0.717) is 5.56 Å². The van der Waals surface area contributed by atoms with E-state index in [2.05, 4.69) is 9.97 Å². The summed E-state index contributed by atoms with van der Waals surface area (Å²) in [6.07, 6.45) is 8.43. The smallest absolute Gasteiger partial charge is 0.255 e. The molecular formula is C21H24N4O2. The van der Waals surface area contributed by atoms with Crippen LogP contribution < -0.4 is 0 Å². The van der Waals surface area contributed by atoms with Gasteiger partial charge in [0.15, 0.2) is 5.65 Å². The van der Waals surface area contributed by atoms with Crippen LogP contribution in [0.4, 0.5) is 0 Å².